The van der Waals surface area contributed by atoms with Crippen LogP contribution in [0.5, 0.6) is 5.75 Å². The summed E-state index contributed by atoms with van der Waals surface area (Å²) in [6.45, 7) is 5.82. The van der Waals surface area contributed by atoms with Crippen LogP contribution in [0.25, 0.3) is 5.76 Å². The summed E-state index contributed by atoms with van der Waals surface area (Å²) >= 11 is 13.4. The first kappa shape index (κ1) is 30.3. The second-order valence-electron chi connectivity index (χ2n) is 9.71. The second kappa shape index (κ2) is 12.6. The molecule has 11 heteroatoms. The maximum absolute atomic E-state index is 13.5. The maximum atomic E-state index is 13.5. The van der Waals surface area contributed by atoms with E-state index in [-0.39, 0.29) is 38.0 Å². The molecule has 2 heterocycles. The normalized spacial score (nSPS) is 16.0. The molecule has 8 nitrogen and oxygen atoms in total. The Morgan fingerprint density at radius 1 is 1.02 bits per heavy atom. The number of hydrogen-bond donors (Lipinski definition) is 1. The van der Waals surface area contributed by atoms with Gasteiger partial charge in [0.25, 0.3) is 5.78 Å². The molecular formula is C32H26Cl2N2O6S. The van der Waals surface area contributed by atoms with Crippen LogP contribution in [0.1, 0.15) is 50.6 Å². The number of esters is 1. The highest BCUT2D eigenvalue weighted by atomic mass is 35.5. The van der Waals surface area contributed by atoms with E-state index in [1.807, 2.05) is 31.2 Å². The fourth-order valence-electron chi connectivity index (χ4n) is 4.70. The molecule has 1 aliphatic rings. The van der Waals surface area contributed by atoms with Crippen LogP contribution in [0.4, 0.5) is 5.13 Å². The number of benzene rings is 3. The van der Waals surface area contributed by atoms with Crippen LogP contribution >= 0.6 is 34.5 Å². The Bertz CT molecular complexity index is 1770. The van der Waals surface area contributed by atoms with Crippen molar-refractivity contribution in [1.82, 2.24) is 4.98 Å². The van der Waals surface area contributed by atoms with E-state index in [1.165, 1.54) is 12.1 Å². The van der Waals surface area contributed by atoms with Crippen molar-refractivity contribution < 1.29 is 29.0 Å². The molecule has 4 aromatic rings. The summed E-state index contributed by atoms with van der Waals surface area (Å²) in [5.41, 5.74) is 3.04. The standard InChI is InChI=1S/C32H26Cl2N2O6S/c1-4-41-31(40)29-18(3)35-32(43-29)36-26(20-11-14-23(33)24(34)15-20)25(28(38)30(36)39)27(37)19-9-12-22(13-10-19)42-16-21-8-6-5-7-17(21)2/h5-15,26,37H,4,16H2,1-3H3/b27-25+. The third-order valence-electron chi connectivity index (χ3n) is 6.94. The summed E-state index contributed by atoms with van der Waals surface area (Å²) in [5.74, 6) is -2.25. The van der Waals surface area contributed by atoms with Crippen molar-refractivity contribution in [3.63, 3.8) is 0 Å². The van der Waals surface area contributed by atoms with E-state index in [1.54, 1.807) is 44.2 Å². The number of ether oxygens (including phenoxy) is 2. The van der Waals surface area contributed by atoms with Crippen LogP contribution in [0, 0.1) is 13.8 Å². The van der Waals surface area contributed by atoms with Crippen molar-refractivity contribution in [3.05, 3.63) is 115 Å². The van der Waals surface area contributed by atoms with Gasteiger partial charge in [0.15, 0.2) is 5.13 Å². The first-order valence-electron chi connectivity index (χ1n) is 13.3. The molecule has 0 spiro atoms. The average molecular weight is 638 g/mol. The van der Waals surface area contributed by atoms with Gasteiger partial charge < -0.3 is 14.6 Å². The summed E-state index contributed by atoms with van der Waals surface area (Å²) in [7, 11) is 0. The molecule has 1 atom stereocenters. The molecule has 1 aliphatic heterocycles. The topological polar surface area (TPSA) is 106 Å². The lowest BCUT2D eigenvalue weighted by Gasteiger charge is -2.23. The number of thiazole rings is 1. The largest absolute Gasteiger partial charge is 0.507 e. The number of carbonyl (C=O) groups excluding carboxylic acids is 3. The lowest BCUT2D eigenvalue weighted by molar-refractivity contribution is -0.132. The molecule has 1 aromatic heterocycles. The zero-order valence-electron chi connectivity index (χ0n) is 23.4. The predicted octanol–water partition coefficient (Wildman–Crippen LogP) is 7.45. The smallest absolute Gasteiger partial charge is 0.350 e. The number of aliphatic hydroxyl groups is 1. The Labute approximate surface area is 262 Å². The highest BCUT2D eigenvalue weighted by Crippen LogP contribution is 2.45. The van der Waals surface area contributed by atoms with Crippen LogP contribution in [-0.2, 0) is 20.9 Å². The predicted molar refractivity (Wildman–Crippen MR) is 166 cm³/mol. The summed E-state index contributed by atoms with van der Waals surface area (Å²) in [5, 5.41) is 12.0. The van der Waals surface area contributed by atoms with E-state index in [2.05, 4.69) is 4.98 Å². The minimum atomic E-state index is -1.10. The fourth-order valence-corrected chi connectivity index (χ4v) is 5.99. The van der Waals surface area contributed by atoms with Gasteiger partial charge in [0, 0.05) is 5.56 Å². The van der Waals surface area contributed by atoms with Crippen LogP contribution in [0.2, 0.25) is 10.0 Å². The minimum absolute atomic E-state index is 0.0951. The second-order valence-corrected chi connectivity index (χ2v) is 11.5. The highest BCUT2D eigenvalue weighted by Gasteiger charge is 2.48. The van der Waals surface area contributed by atoms with Gasteiger partial charge in [0.05, 0.1) is 34.0 Å². The van der Waals surface area contributed by atoms with E-state index in [0.29, 0.717) is 29.2 Å². The molecule has 0 bridgehead atoms. The number of nitrogens with zero attached hydrogens (tertiary/aromatic N) is 2. The molecule has 1 amide bonds. The van der Waals surface area contributed by atoms with Gasteiger partial charge in [-0.2, -0.15) is 0 Å². The van der Waals surface area contributed by atoms with Crippen LogP contribution in [0.3, 0.4) is 0 Å². The number of aliphatic hydroxyl groups excluding tert-OH is 1. The van der Waals surface area contributed by atoms with Gasteiger partial charge in [0.2, 0.25) is 0 Å². The van der Waals surface area contributed by atoms with E-state index in [4.69, 9.17) is 32.7 Å². The Morgan fingerprint density at radius 3 is 2.42 bits per heavy atom. The Kier molecular flexibility index (Phi) is 8.87. The van der Waals surface area contributed by atoms with Gasteiger partial charge in [-0.15, -0.1) is 0 Å². The Hall–Kier alpha value is -4.18. The van der Waals surface area contributed by atoms with E-state index < -0.39 is 23.7 Å². The lowest BCUT2D eigenvalue weighted by atomic mass is 9.95. The fraction of sp³-hybridized carbons (Fsp3) is 0.188. The third kappa shape index (κ3) is 6.01. The molecule has 1 N–H and O–H groups in total. The Balaban J connectivity index is 1.55. The molecule has 220 valence electrons. The summed E-state index contributed by atoms with van der Waals surface area (Å²) in [4.78, 5) is 45.3. The van der Waals surface area contributed by atoms with Crippen molar-refractivity contribution in [1.29, 1.82) is 0 Å². The van der Waals surface area contributed by atoms with Gasteiger partial charge in [-0.25, -0.2) is 9.78 Å². The molecule has 0 saturated carbocycles. The quantitative estimate of drug-likeness (QED) is 0.0926. The van der Waals surface area contributed by atoms with Gasteiger partial charge in [-0.3, -0.25) is 14.5 Å². The van der Waals surface area contributed by atoms with Gasteiger partial charge in [-0.1, -0.05) is 64.9 Å². The molecule has 1 fully saturated rings. The zero-order valence-corrected chi connectivity index (χ0v) is 25.7. The number of aryl methyl sites for hydroxylation is 2. The highest BCUT2D eigenvalue weighted by molar-refractivity contribution is 7.17. The summed E-state index contributed by atoms with van der Waals surface area (Å²) in [6, 6.07) is 18.0. The van der Waals surface area contributed by atoms with Crippen LogP contribution < -0.4 is 9.64 Å². The number of ketones is 1. The van der Waals surface area contributed by atoms with Crippen molar-refractivity contribution in [3.8, 4) is 5.75 Å². The first-order valence-corrected chi connectivity index (χ1v) is 14.9. The van der Waals surface area contributed by atoms with Crippen molar-refractivity contribution in [2.24, 2.45) is 0 Å². The minimum Gasteiger partial charge on any atom is -0.507 e. The van der Waals surface area contributed by atoms with Crippen LogP contribution in [-0.4, -0.2) is 34.4 Å². The monoisotopic (exact) mass is 636 g/mol. The maximum Gasteiger partial charge on any atom is 0.350 e. The first-order chi connectivity index (χ1) is 20.6. The number of anilines is 1. The van der Waals surface area contributed by atoms with Crippen LogP contribution in [0.15, 0.2) is 72.3 Å². The number of rotatable bonds is 8. The van der Waals surface area contributed by atoms with Crippen molar-refractivity contribution in [2.45, 2.75) is 33.4 Å². The molecule has 0 aliphatic carbocycles. The van der Waals surface area contributed by atoms with E-state index >= 15 is 0 Å². The SMILES string of the molecule is CCOC(=O)c1sc(N2C(=O)C(=O)/C(=C(/O)c3ccc(OCc4ccccc4C)cc3)C2c2ccc(Cl)c(Cl)c2)nc1C. The summed E-state index contributed by atoms with van der Waals surface area (Å²) < 4.78 is 11.0. The molecular weight excluding hydrogens is 611 g/mol. The molecule has 5 rings (SSSR count). The Morgan fingerprint density at radius 2 is 1.74 bits per heavy atom. The third-order valence-corrected chi connectivity index (χ3v) is 8.82. The number of carbonyl (C=O) groups is 3. The number of amides is 1. The molecule has 1 saturated heterocycles. The molecule has 43 heavy (non-hydrogen) atoms. The van der Waals surface area contributed by atoms with Crippen molar-refractivity contribution >= 4 is 63.1 Å². The number of hydrogen-bond acceptors (Lipinski definition) is 8. The lowest BCUT2D eigenvalue weighted by Crippen LogP contribution is -2.29. The van der Waals surface area contributed by atoms with Gasteiger partial charge >= 0.3 is 11.9 Å². The molecule has 1 unspecified atom stereocenters. The van der Waals surface area contributed by atoms with E-state index in [9.17, 15) is 19.5 Å². The number of Topliss-reactive ketones (excluding diaryl/α,β-unsaturated/α-hetero) is 1. The van der Waals surface area contributed by atoms with Gasteiger partial charge in [-0.05, 0) is 73.9 Å². The molecule has 0 radical (unpaired) electrons. The van der Waals surface area contributed by atoms with E-state index in [0.717, 1.165) is 27.4 Å². The number of halogens is 2. The zero-order chi connectivity index (χ0) is 30.8. The summed E-state index contributed by atoms with van der Waals surface area (Å²) in [6.07, 6.45) is 0. The average Bonchev–Trinajstić information content (AvgIpc) is 3.50. The van der Waals surface area contributed by atoms with Gasteiger partial charge in [0.1, 0.15) is 23.0 Å². The van der Waals surface area contributed by atoms with Crippen molar-refractivity contribution in [2.75, 3.05) is 11.5 Å². The molecule has 3 aromatic carbocycles. The number of aromatic nitrogens is 1.